The molecule has 6 nitrogen and oxygen atoms in total. The Morgan fingerprint density at radius 2 is 1.71 bits per heavy atom. The number of amides is 1. The molecule has 3 rings (SSSR count). The van der Waals surface area contributed by atoms with Gasteiger partial charge >= 0.3 is 5.69 Å². The van der Waals surface area contributed by atoms with Crippen molar-refractivity contribution in [3.8, 4) is 11.1 Å². The summed E-state index contributed by atoms with van der Waals surface area (Å²) >= 11 is 3.17. The maximum atomic E-state index is 14.5. The number of aromatic nitrogens is 2. The first-order chi connectivity index (χ1) is 13.2. The van der Waals surface area contributed by atoms with E-state index in [1.165, 1.54) is 20.3 Å². The molecule has 1 N–H and O–H groups in total. The molecule has 0 atom stereocenters. The Morgan fingerprint density at radius 1 is 1.07 bits per heavy atom. The Kier molecular flexibility index (Phi) is 5.33. The highest BCUT2D eigenvalue weighted by Crippen LogP contribution is 2.33. The van der Waals surface area contributed by atoms with Gasteiger partial charge in [-0.25, -0.2) is 9.18 Å². The van der Waals surface area contributed by atoms with E-state index in [0.29, 0.717) is 26.9 Å². The molecule has 8 heteroatoms. The molecule has 0 saturated carbocycles. The number of carbonyl (C=O) groups is 1. The van der Waals surface area contributed by atoms with Crippen LogP contribution in [-0.2, 0) is 14.1 Å². The van der Waals surface area contributed by atoms with Gasteiger partial charge in [0.05, 0.1) is 4.47 Å². The fraction of sp³-hybridized carbons (Fsp3) is 0.150. The lowest BCUT2D eigenvalue weighted by molar-refractivity contribution is 0.102. The Bertz CT molecular complexity index is 1210. The van der Waals surface area contributed by atoms with Gasteiger partial charge in [0, 0.05) is 31.5 Å². The van der Waals surface area contributed by atoms with Crippen LogP contribution in [0, 0.1) is 12.7 Å². The molecule has 0 aliphatic rings. The van der Waals surface area contributed by atoms with Crippen molar-refractivity contribution in [1.82, 2.24) is 9.13 Å². The minimum Gasteiger partial charge on any atom is -0.322 e. The van der Waals surface area contributed by atoms with Crippen molar-refractivity contribution in [3.63, 3.8) is 0 Å². The largest absolute Gasteiger partial charge is 0.330 e. The van der Waals surface area contributed by atoms with Crippen LogP contribution in [0.15, 0.2) is 56.7 Å². The number of nitrogens with zero attached hydrogens (tertiary/aromatic N) is 2. The quantitative estimate of drug-likeness (QED) is 0.672. The molecule has 0 aliphatic heterocycles. The molecule has 3 aromatic rings. The zero-order chi connectivity index (χ0) is 20.6. The minimum absolute atomic E-state index is 0.164. The number of hydrogen-bond donors (Lipinski definition) is 1. The molecule has 1 aromatic heterocycles. The highest BCUT2D eigenvalue weighted by Gasteiger charge is 2.17. The SMILES string of the molecule is Cc1c(NC(=O)c2cn(C)c(=O)n(C)c2=O)cccc1-c1cccc(Br)c1F. The lowest BCUT2D eigenvalue weighted by Crippen LogP contribution is -2.40. The maximum absolute atomic E-state index is 14.5. The molecule has 1 heterocycles. The molecule has 0 fully saturated rings. The van der Waals surface area contributed by atoms with E-state index >= 15 is 0 Å². The van der Waals surface area contributed by atoms with Crippen molar-refractivity contribution >= 4 is 27.5 Å². The third kappa shape index (κ3) is 3.43. The predicted octanol–water partition coefficient (Wildman–Crippen LogP) is 3.21. The second-order valence-corrected chi connectivity index (χ2v) is 7.19. The second-order valence-electron chi connectivity index (χ2n) is 6.33. The van der Waals surface area contributed by atoms with Crippen LogP contribution in [0.2, 0.25) is 0 Å². The lowest BCUT2D eigenvalue weighted by Gasteiger charge is -2.14. The van der Waals surface area contributed by atoms with Crippen LogP contribution < -0.4 is 16.6 Å². The summed E-state index contributed by atoms with van der Waals surface area (Å²) in [7, 11) is 2.77. The van der Waals surface area contributed by atoms with Gasteiger partial charge in [-0.05, 0) is 46.1 Å². The molecule has 0 spiro atoms. The summed E-state index contributed by atoms with van der Waals surface area (Å²) in [6.07, 6.45) is 1.20. The van der Waals surface area contributed by atoms with E-state index in [4.69, 9.17) is 0 Å². The number of carbonyl (C=O) groups excluding carboxylic acids is 1. The van der Waals surface area contributed by atoms with Crippen LogP contribution in [-0.4, -0.2) is 15.0 Å². The second kappa shape index (κ2) is 7.55. The van der Waals surface area contributed by atoms with Gasteiger partial charge in [0.25, 0.3) is 11.5 Å². The van der Waals surface area contributed by atoms with E-state index < -0.39 is 23.0 Å². The Morgan fingerprint density at radius 3 is 2.43 bits per heavy atom. The normalized spacial score (nSPS) is 10.8. The van der Waals surface area contributed by atoms with E-state index in [1.54, 1.807) is 43.3 Å². The molecule has 0 unspecified atom stereocenters. The smallest absolute Gasteiger partial charge is 0.322 e. The van der Waals surface area contributed by atoms with Crippen LogP contribution in [0.1, 0.15) is 15.9 Å². The van der Waals surface area contributed by atoms with E-state index in [2.05, 4.69) is 21.2 Å². The first-order valence-electron chi connectivity index (χ1n) is 8.34. The molecule has 1 amide bonds. The Balaban J connectivity index is 2.03. The number of anilines is 1. The van der Waals surface area contributed by atoms with Crippen molar-refractivity contribution in [3.05, 3.63) is 84.8 Å². The summed E-state index contributed by atoms with van der Waals surface area (Å²) in [4.78, 5) is 36.7. The molecule has 0 radical (unpaired) electrons. The van der Waals surface area contributed by atoms with Gasteiger partial charge in [-0.15, -0.1) is 0 Å². The highest BCUT2D eigenvalue weighted by molar-refractivity contribution is 9.10. The van der Waals surface area contributed by atoms with Crippen LogP contribution in [0.25, 0.3) is 11.1 Å². The average Bonchev–Trinajstić information content (AvgIpc) is 2.67. The number of rotatable bonds is 3. The Hall–Kier alpha value is -3.00. The third-order valence-corrected chi connectivity index (χ3v) is 5.13. The third-order valence-electron chi connectivity index (χ3n) is 4.51. The van der Waals surface area contributed by atoms with E-state index in [9.17, 15) is 18.8 Å². The van der Waals surface area contributed by atoms with Crippen molar-refractivity contribution in [2.24, 2.45) is 14.1 Å². The first kappa shape index (κ1) is 19.8. The molecular weight excluding hydrogens is 429 g/mol. The summed E-state index contributed by atoms with van der Waals surface area (Å²) in [5.74, 6) is -1.05. The number of halogens is 2. The molecule has 144 valence electrons. The summed E-state index contributed by atoms with van der Waals surface area (Å²) < 4.78 is 16.9. The molecule has 28 heavy (non-hydrogen) atoms. The minimum atomic E-state index is -0.688. The van der Waals surface area contributed by atoms with Gasteiger partial charge in [0.1, 0.15) is 11.4 Å². The molecule has 2 aromatic carbocycles. The molecular formula is C20H17BrFN3O3. The molecule has 0 aliphatic carbocycles. The number of benzene rings is 2. The average molecular weight is 446 g/mol. The van der Waals surface area contributed by atoms with Crippen molar-refractivity contribution in [1.29, 1.82) is 0 Å². The topological polar surface area (TPSA) is 73.1 Å². The Labute approximate surface area is 168 Å². The molecule has 0 saturated heterocycles. The first-order valence-corrected chi connectivity index (χ1v) is 9.13. The van der Waals surface area contributed by atoms with Crippen molar-refractivity contribution < 1.29 is 9.18 Å². The van der Waals surface area contributed by atoms with Gasteiger partial charge in [-0.2, -0.15) is 0 Å². The standard InChI is InChI=1S/C20H17BrFN3O3/c1-11-12(13-7-4-8-15(21)17(13)22)6-5-9-16(11)23-18(26)14-10-24(2)20(28)25(3)19(14)27/h4-10H,1-3H3,(H,23,26). The highest BCUT2D eigenvalue weighted by atomic mass is 79.9. The zero-order valence-electron chi connectivity index (χ0n) is 15.4. The summed E-state index contributed by atoms with van der Waals surface area (Å²) in [5.41, 5.74) is 0.721. The van der Waals surface area contributed by atoms with Gasteiger partial charge in [-0.3, -0.25) is 14.2 Å². The van der Waals surface area contributed by atoms with Gasteiger partial charge in [-0.1, -0.05) is 24.3 Å². The van der Waals surface area contributed by atoms with E-state index in [1.807, 2.05) is 0 Å². The van der Waals surface area contributed by atoms with Crippen molar-refractivity contribution in [2.75, 3.05) is 5.32 Å². The summed E-state index contributed by atoms with van der Waals surface area (Å²) in [5, 5.41) is 2.68. The van der Waals surface area contributed by atoms with E-state index in [0.717, 1.165) is 9.13 Å². The van der Waals surface area contributed by atoms with Gasteiger partial charge < -0.3 is 9.88 Å². The fourth-order valence-corrected chi connectivity index (χ4v) is 3.29. The van der Waals surface area contributed by atoms with Gasteiger partial charge in [0.2, 0.25) is 0 Å². The van der Waals surface area contributed by atoms with Crippen LogP contribution >= 0.6 is 15.9 Å². The molecule has 0 bridgehead atoms. The summed E-state index contributed by atoms with van der Waals surface area (Å²) in [6, 6.07) is 10.1. The van der Waals surface area contributed by atoms with Crippen LogP contribution in [0.4, 0.5) is 10.1 Å². The monoisotopic (exact) mass is 445 g/mol. The predicted molar refractivity (Wildman–Crippen MR) is 109 cm³/mol. The fourth-order valence-electron chi connectivity index (χ4n) is 2.93. The lowest BCUT2D eigenvalue weighted by atomic mass is 9.98. The number of nitrogens with one attached hydrogen (secondary N) is 1. The zero-order valence-corrected chi connectivity index (χ0v) is 17.0. The number of aryl methyl sites for hydroxylation is 1. The number of hydrogen-bond acceptors (Lipinski definition) is 3. The van der Waals surface area contributed by atoms with Crippen molar-refractivity contribution in [2.45, 2.75) is 6.92 Å². The van der Waals surface area contributed by atoms with Gasteiger partial charge in [0.15, 0.2) is 0 Å². The van der Waals surface area contributed by atoms with Crippen LogP contribution in [0.3, 0.4) is 0 Å². The maximum Gasteiger partial charge on any atom is 0.330 e. The summed E-state index contributed by atoms with van der Waals surface area (Å²) in [6.45, 7) is 1.75. The van der Waals surface area contributed by atoms with E-state index in [-0.39, 0.29) is 5.56 Å². The van der Waals surface area contributed by atoms with Crippen LogP contribution in [0.5, 0.6) is 0 Å².